The summed E-state index contributed by atoms with van der Waals surface area (Å²) in [6, 6.07) is 0. The lowest BCUT2D eigenvalue weighted by molar-refractivity contribution is -0.146. The quantitative estimate of drug-likeness (QED) is 0.724. The third-order valence-corrected chi connectivity index (χ3v) is 3.92. The molecule has 2 aliphatic rings. The maximum absolute atomic E-state index is 12.5. The Bertz CT molecular complexity index is 341. The van der Waals surface area contributed by atoms with Gasteiger partial charge in [0.15, 0.2) is 0 Å². The fourth-order valence-corrected chi connectivity index (χ4v) is 3.11. The first-order chi connectivity index (χ1) is 9.94. The smallest absolute Gasteiger partial charge is 0.236 e. The summed E-state index contributed by atoms with van der Waals surface area (Å²) in [5.41, 5.74) is 0. The van der Waals surface area contributed by atoms with Crippen LogP contribution in [-0.2, 0) is 14.3 Å². The van der Waals surface area contributed by atoms with Gasteiger partial charge in [-0.15, -0.1) is 0 Å². The third-order valence-electron chi connectivity index (χ3n) is 3.92. The molecule has 0 unspecified atom stereocenters. The molecule has 21 heavy (non-hydrogen) atoms. The molecule has 122 valence electrons. The van der Waals surface area contributed by atoms with Crippen molar-refractivity contribution < 1.29 is 14.3 Å². The molecule has 0 aromatic rings. The molecule has 2 rings (SSSR count). The summed E-state index contributed by atoms with van der Waals surface area (Å²) in [4.78, 5) is 18.7. The van der Waals surface area contributed by atoms with E-state index in [9.17, 15) is 4.79 Å². The van der Waals surface area contributed by atoms with Gasteiger partial charge >= 0.3 is 0 Å². The summed E-state index contributed by atoms with van der Waals surface area (Å²) in [5, 5.41) is 0. The number of likely N-dealkylation sites (N-methyl/N-ethyl adjacent to an activating group) is 1. The second kappa shape index (κ2) is 7.54. The lowest BCUT2D eigenvalue weighted by Gasteiger charge is -2.38. The minimum atomic E-state index is 0.129. The number of hydrogen-bond donors (Lipinski definition) is 0. The second-order valence-corrected chi connectivity index (χ2v) is 6.55. The largest absolute Gasteiger partial charge is 0.374 e. The summed E-state index contributed by atoms with van der Waals surface area (Å²) in [6.07, 6.45) is 0.455. The van der Waals surface area contributed by atoms with E-state index in [1.165, 1.54) is 0 Å². The zero-order valence-corrected chi connectivity index (χ0v) is 13.7. The van der Waals surface area contributed by atoms with Gasteiger partial charge in [0.1, 0.15) is 0 Å². The van der Waals surface area contributed by atoms with Gasteiger partial charge < -0.3 is 19.3 Å². The van der Waals surface area contributed by atoms with Crippen molar-refractivity contribution in [3.63, 3.8) is 0 Å². The number of carbonyl (C=O) groups excluding carboxylic acids is 1. The van der Waals surface area contributed by atoms with Crippen molar-refractivity contribution in [1.82, 2.24) is 14.7 Å². The Labute approximate surface area is 128 Å². The number of ether oxygens (including phenoxy) is 2. The maximum Gasteiger partial charge on any atom is 0.236 e. The topological polar surface area (TPSA) is 45.2 Å². The standard InChI is InChI=1S/C15H29N3O3/c1-12-7-18(8-13(2)21-12)15(19)11-17-5-6-20-14(10-17)9-16(3)4/h12-14H,5-11H2,1-4H3/t12-,13+,14-/m1/s1. The Morgan fingerprint density at radius 3 is 2.48 bits per heavy atom. The van der Waals surface area contributed by atoms with Crippen molar-refractivity contribution >= 4 is 5.91 Å². The molecule has 0 saturated carbocycles. The Hall–Kier alpha value is -0.690. The van der Waals surface area contributed by atoms with Crippen LogP contribution < -0.4 is 0 Å². The predicted octanol–water partition coefficient (Wildman–Crippen LogP) is -0.115. The van der Waals surface area contributed by atoms with Crippen LogP contribution in [-0.4, -0.2) is 98.9 Å². The molecular formula is C15H29N3O3. The van der Waals surface area contributed by atoms with Crippen LogP contribution in [0.2, 0.25) is 0 Å². The maximum atomic E-state index is 12.5. The molecule has 3 atom stereocenters. The first-order valence-corrected chi connectivity index (χ1v) is 7.86. The Kier molecular flexibility index (Phi) is 5.98. The van der Waals surface area contributed by atoms with E-state index in [0.29, 0.717) is 26.2 Å². The molecule has 1 amide bonds. The van der Waals surface area contributed by atoms with E-state index in [0.717, 1.165) is 19.6 Å². The summed E-state index contributed by atoms with van der Waals surface area (Å²) >= 11 is 0. The van der Waals surface area contributed by atoms with E-state index in [-0.39, 0.29) is 24.2 Å². The number of carbonyl (C=O) groups is 1. The highest BCUT2D eigenvalue weighted by Crippen LogP contribution is 2.12. The van der Waals surface area contributed by atoms with Gasteiger partial charge in [-0.1, -0.05) is 0 Å². The highest BCUT2D eigenvalue weighted by atomic mass is 16.5. The molecule has 0 N–H and O–H groups in total. The van der Waals surface area contributed by atoms with Crippen molar-refractivity contribution in [2.24, 2.45) is 0 Å². The molecule has 6 nitrogen and oxygen atoms in total. The Morgan fingerprint density at radius 2 is 1.86 bits per heavy atom. The van der Waals surface area contributed by atoms with Crippen LogP contribution in [0.3, 0.4) is 0 Å². The second-order valence-electron chi connectivity index (χ2n) is 6.55. The zero-order chi connectivity index (χ0) is 15.4. The van der Waals surface area contributed by atoms with E-state index in [4.69, 9.17) is 9.47 Å². The number of rotatable bonds is 4. The molecule has 2 aliphatic heterocycles. The minimum absolute atomic E-state index is 0.129. The molecule has 0 radical (unpaired) electrons. The van der Waals surface area contributed by atoms with Crippen LogP contribution in [0.5, 0.6) is 0 Å². The third kappa shape index (κ3) is 5.21. The van der Waals surface area contributed by atoms with Gasteiger partial charge in [0.2, 0.25) is 5.91 Å². The number of hydrogen-bond acceptors (Lipinski definition) is 5. The lowest BCUT2D eigenvalue weighted by atomic mass is 10.2. The molecule has 0 bridgehead atoms. The van der Waals surface area contributed by atoms with E-state index in [2.05, 4.69) is 9.80 Å². The van der Waals surface area contributed by atoms with Crippen LogP contribution >= 0.6 is 0 Å². The Morgan fingerprint density at radius 1 is 1.19 bits per heavy atom. The van der Waals surface area contributed by atoms with Gasteiger partial charge in [0.25, 0.3) is 0 Å². The van der Waals surface area contributed by atoms with Crippen LogP contribution in [0.1, 0.15) is 13.8 Å². The number of amides is 1. The average Bonchev–Trinajstić information content (AvgIpc) is 2.37. The molecule has 0 spiro atoms. The van der Waals surface area contributed by atoms with Crippen LogP contribution in [0.15, 0.2) is 0 Å². The first kappa shape index (κ1) is 16.7. The molecule has 0 aromatic carbocycles. The number of morpholine rings is 2. The summed E-state index contributed by atoms with van der Waals surface area (Å²) in [5.74, 6) is 0.211. The fraction of sp³-hybridized carbons (Fsp3) is 0.933. The van der Waals surface area contributed by atoms with Gasteiger partial charge in [-0.05, 0) is 27.9 Å². The highest BCUT2D eigenvalue weighted by molar-refractivity contribution is 5.78. The normalized spacial score (nSPS) is 31.7. The molecule has 2 saturated heterocycles. The van der Waals surface area contributed by atoms with Crippen molar-refractivity contribution in [2.45, 2.75) is 32.2 Å². The van der Waals surface area contributed by atoms with E-state index >= 15 is 0 Å². The number of nitrogens with zero attached hydrogens (tertiary/aromatic N) is 3. The monoisotopic (exact) mass is 299 g/mol. The van der Waals surface area contributed by atoms with Gasteiger partial charge in [-0.3, -0.25) is 9.69 Å². The van der Waals surface area contributed by atoms with Crippen molar-refractivity contribution in [1.29, 1.82) is 0 Å². The molecule has 6 heteroatoms. The van der Waals surface area contributed by atoms with E-state index in [1.807, 2.05) is 32.8 Å². The van der Waals surface area contributed by atoms with Gasteiger partial charge in [0, 0.05) is 32.7 Å². The average molecular weight is 299 g/mol. The SMILES string of the molecule is C[C@@H]1CN(C(=O)CN2CCO[C@H](CN(C)C)C2)C[C@H](C)O1. The van der Waals surface area contributed by atoms with Crippen molar-refractivity contribution in [3.8, 4) is 0 Å². The van der Waals surface area contributed by atoms with Crippen molar-refractivity contribution in [2.75, 3.05) is 60.0 Å². The fourth-order valence-electron chi connectivity index (χ4n) is 3.11. The minimum Gasteiger partial charge on any atom is -0.374 e. The summed E-state index contributed by atoms with van der Waals surface area (Å²) in [7, 11) is 4.09. The van der Waals surface area contributed by atoms with Crippen LogP contribution in [0.25, 0.3) is 0 Å². The molecular weight excluding hydrogens is 270 g/mol. The zero-order valence-electron chi connectivity index (χ0n) is 13.7. The van der Waals surface area contributed by atoms with Gasteiger partial charge in [-0.2, -0.15) is 0 Å². The first-order valence-electron chi connectivity index (χ1n) is 7.86. The van der Waals surface area contributed by atoms with Crippen LogP contribution in [0, 0.1) is 0 Å². The highest BCUT2D eigenvalue weighted by Gasteiger charge is 2.28. The molecule has 2 heterocycles. The lowest BCUT2D eigenvalue weighted by Crippen LogP contribution is -2.53. The summed E-state index contributed by atoms with van der Waals surface area (Å²) < 4.78 is 11.4. The summed E-state index contributed by atoms with van der Waals surface area (Å²) in [6.45, 7) is 9.23. The molecule has 0 aliphatic carbocycles. The van der Waals surface area contributed by atoms with Gasteiger partial charge in [0.05, 0.1) is 31.5 Å². The van der Waals surface area contributed by atoms with Crippen LogP contribution in [0.4, 0.5) is 0 Å². The molecule has 2 fully saturated rings. The van der Waals surface area contributed by atoms with E-state index in [1.54, 1.807) is 0 Å². The molecule has 0 aromatic heterocycles. The van der Waals surface area contributed by atoms with Gasteiger partial charge in [-0.25, -0.2) is 0 Å². The Balaban J connectivity index is 1.81. The van der Waals surface area contributed by atoms with Crippen molar-refractivity contribution in [3.05, 3.63) is 0 Å². The van der Waals surface area contributed by atoms with E-state index < -0.39 is 0 Å². The predicted molar refractivity (Wildman–Crippen MR) is 81.3 cm³/mol.